The molecule has 1 rings (SSSR count). The second-order valence-corrected chi connectivity index (χ2v) is 3.75. The maximum Gasteiger partial charge on any atom is 0.334 e. The van der Waals surface area contributed by atoms with E-state index in [1.165, 1.54) is 0 Å². The Hall–Kier alpha value is -1.83. The summed E-state index contributed by atoms with van der Waals surface area (Å²) in [4.78, 5) is 32.3. The SMILES string of the molecule is O=C1CCC(CNC(=O)NC[C@H](O)C(=O)O)N1. The second kappa shape index (κ2) is 6.04. The lowest BCUT2D eigenvalue weighted by atomic mass is 10.2. The molecule has 17 heavy (non-hydrogen) atoms. The van der Waals surface area contributed by atoms with Crippen LogP contribution >= 0.6 is 0 Å². The topological polar surface area (TPSA) is 128 Å². The number of carboxylic acids is 1. The number of nitrogens with one attached hydrogen (secondary N) is 3. The highest BCUT2D eigenvalue weighted by Crippen LogP contribution is 2.04. The van der Waals surface area contributed by atoms with Crippen LogP contribution in [0.25, 0.3) is 0 Å². The van der Waals surface area contributed by atoms with Crippen molar-refractivity contribution in [3.05, 3.63) is 0 Å². The lowest BCUT2D eigenvalue weighted by molar-refractivity contribution is -0.146. The van der Waals surface area contributed by atoms with Gasteiger partial charge in [-0.3, -0.25) is 4.79 Å². The maximum atomic E-state index is 11.2. The van der Waals surface area contributed by atoms with Gasteiger partial charge in [-0.05, 0) is 6.42 Å². The quantitative estimate of drug-likeness (QED) is 0.383. The molecule has 1 fully saturated rings. The standard InChI is InChI=1S/C9H15N3O5/c13-6(8(15)16)4-11-9(17)10-3-5-1-2-7(14)12-5/h5-6,13H,1-4H2,(H,12,14)(H,15,16)(H2,10,11,17)/t5?,6-/m0/s1. The van der Waals surface area contributed by atoms with Crippen molar-refractivity contribution < 1.29 is 24.6 Å². The summed E-state index contributed by atoms with van der Waals surface area (Å²) in [6, 6.07) is -0.663. The predicted octanol–water partition coefficient (Wildman–Crippen LogP) is -1.99. The van der Waals surface area contributed by atoms with Gasteiger partial charge in [-0.2, -0.15) is 0 Å². The molecule has 0 aromatic heterocycles. The first-order valence-corrected chi connectivity index (χ1v) is 5.21. The number of hydrogen-bond donors (Lipinski definition) is 5. The average Bonchev–Trinajstić information content (AvgIpc) is 2.69. The van der Waals surface area contributed by atoms with Gasteiger partial charge in [0.15, 0.2) is 6.10 Å². The first kappa shape index (κ1) is 13.2. The van der Waals surface area contributed by atoms with E-state index in [1.807, 2.05) is 0 Å². The van der Waals surface area contributed by atoms with Crippen LogP contribution in [0.2, 0.25) is 0 Å². The Morgan fingerprint density at radius 3 is 2.71 bits per heavy atom. The van der Waals surface area contributed by atoms with Crippen molar-refractivity contribution >= 4 is 17.9 Å². The van der Waals surface area contributed by atoms with Crippen molar-refractivity contribution in [3.63, 3.8) is 0 Å². The zero-order chi connectivity index (χ0) is 12.8. The fourth-order valence-corrected chi connectivity index (χ4v) is 1.39. The van der Waals surface area contributed by atoms with Crippen molar-refractivity contribution in [1.82, 2.24) is 16.0 Å². The van der Waals surface area contributed by atoms with Gasteiger partial charge in [0.2, 0.25) is 5.91 Å². The molecule has 0 aromatic carbocycles. The highest BCUT2D eigenvalue weighted by molar-refractivity contribution is 5.79. The molecule has 8 nitrogen and oxygen atoms in total. The Labute approximate surface area is 97.4 Å². The van der Waals surface area contributed by atoms with E-state index in [0.717, 1.165) is 0 Å². The Morgan fingerprint density at radius 2 is 2.18 bits per heavy atom. The number of aliphatic hydroxyl groups is 1. The number of hydrogen-bond acceptors (Lipinski definition) is 4. The van der Waals surface area contributed by atoms with Crippen LogP contribution in [0, 0.1) is 0 Å². The van der Waals surface area contributed by atoms with E-state index < -0.39 is 18.1 Å². The van der Waals surface area contributed by atoms with Gasteiger partial charge in [0.25, 0.3) is 0 Å². The van der Waals surface area contributed by atoms with E-state index in [4.69, 9.17) is 10.2 Å². The number of carbonyl (C=O) groups is 3. The molecule has 2 atom stereocenters. The summed E-state index contributed by atoms with van der Waals surface area (Å²) in [5, 5.41) is 24.6. The molecular formula is C9H15N3O5. The minimum absolute atomic E-state index is 0.0430. The van der Waals surface area contributed by atoms with Gasteiger partial charge in [-0.15, -0.1) is 0 Å². The maximum absolute atomic E-state index is 11.2. The molecule has 96 valence electrons. The Bertz CT molecular complexity index is 320. The Morgan fingerprint density at radius 1 is 1.47 bits per heavy atom. The molecular weight excluding hydrogens is 230 g/mol. The fourth-order valence-electron chi connectivity index (χ4n) is 1.39. The van der Waals surface area contributed by atoms with Crippen LogP contribution in [0.3, 0.4) is 0 Å². The first-order valence-electron chi connectivity index (χ1n) is 5.21. The van der Waals surface area contributed by atoms with Crippen molar-refractivity contribution in [2.75, 3.05) is 13.1 Å². The molecule has 8 heteroatoms. The summed E-state index contributed by atoms with van der Waals surface area (Å²) >= 11 is 0. The first-order chi connectivity index (χ1) is 7.99. The molecule has 1 heterocycles. The molecule has 0 saturated carbocycles. The lowest BCUT2D eigenvalue weighted by Gasteiger charge is -2.12. The van der Waals surface area contributed by atoms with Crippen LogP contribution in [0.1, 0.15) is 12.8 Å². The van der Waals surface area contributed by atoms with E-state index >= 15 is 0 Å². The zero-order valence-electron chi connectivity index (χ0n) is 9.10. The summed E-state index contributed by atoms with van der Waals surface area (Å²) in [6.07, 6.45) is -0.505. The van der Waals surface area contributed by atoms with Gasteiger partial charge in [-0.1, -0.05) is 0 Å². The number of aliphatic hydroxyl groups excluding tert-OH is 1. The molecule has 5 N–H and O–H groups in total. The number of aliphatic carboxylic acids is 1. The molecule has 1 aliphatic rings. The highest BCUT2D eigenvalue weighted by atomic mass is 16.4. The molecule has 1 unspecified atom stereocenters. The van der Waals surface area contributed by atoms with E-state index in [1.54, 1.807) is 0 Å². The van der Waals surface area contributed by atoms with E-state index in [0.29, 0.717) is 12.8 Å². The highest BCUT2D eigenvalue weighted by Gasteiger charge is 2.21. The molecule has 0 spiro atoms. The average molecular weight is 245 g/mol. The van der Waals surface area contributed by atoms with Gasteiger partial charge in [0.05, 0.1) is 6.54 Å². The number of carboxylic acid groups (broad SMARTS) is 1. The molecule has 0 bridgehead atoms. The summed E-state index contributed by atoms with van der Waals surface area (Å²) in [5.41, 5.74) is 0. The van der Waals surface area contributed by atoms with Crippen LogP contribution in [-0.2, 0) is 9.59 Å². The van der Waals surface area contributed by atoms with Crippen LogP contribution in [0.5, 0.6) is 0 Å². The summed E-state index contributed by atoms with van der Waals surface area (Å²) in [6.45, 7) is -0.0844. The van der Waals surface area contributed by atoms with E-state index in [9.17, 15) is 14.4 Å². The number of amides is 3. The largest absolute Gasteiger partial charge is 0.479 e. The summed E-state index contributed by atoms with van der Waals surface area (Å²) < 4.78 is 0. The Kier molecular flexibility index (Phi) is 4.70. The normalized spacial score (nSPS) is 20.5. The van der Waals surface area contributed by atoms with Gasteiger partial charge in [0, 0.05) is 19.0 Å². The summed E-state index contributed by atoms with van der Waals surface area (Å²) in [7, 11) is 0. The second-order valence-electron chi connectivity index (χ2n) is 3.75. The number of urea groups is 1. The van der Waals surface area contributed by atoms with Gasteiger partial charge in [-0.25, -0.2) is 9.59 Å². The summed E-state index contributed by atoms with van der Waals surface area (Å²) in [5.74, 6) is -1.44. The third-order valence-corrected chi connectivity index (χ3v) is 2.34. The monoisotopic (exact) mass is 245 g/mol. The van der Waals surface area contributed by atoms with Crippen molar-refractivity contribution in [1.29, 1.82) is 0 Å². The third kappa shape index (κ3) is 4.68. The van der Waals surface area contributed by atoms with Gasteiger partial charge in [0.1, 0.15) is 0 Å². The molecule has 0 aromatic rings. The fraction of sp³-hybridized carbons (Fsp3) is 0.667. The lowest BCUT2D eigenvalue weighted by Crippen LogP contribution is -2.45. The van der Waals surface area contributed by atoms with Crippen LogP contribution < -0.4 is 16.0 Å². The molecule has 0 aliphatic carbocycles. The molecule has 1 aliphatic heterocycles. The zero-order valence-corrected chi connectivity index (χ0v) is 9.10. The van der Waals surface area contributed by atoms with Crippen molar-refractivity contribution in [3.8, 4) is 0 Å². The van der Waals surface area contributed by atoms with Gasteiger partial charge < -0.3 is 26.2 Å². The van der Waals surface area contributed by atoms with Crippen molar-refractivity contribution in [2.24, 2.45) is 0 Å². The molecule has 1 saturated heterocycles. The van der Waals surface area contributed by atoms with Crippen LogP contribution in [0.15, 0.2) is 0 Å². The smallest absolute Gasteiger partial charge is 0.334 e. The third-order valence-electron chi connectivity index (χ3n) is 2.34. The van der Waals surface area contributed by atoms with E-state index in [-0.39, 0.29) is 25.0 Å². The van der Waals surface area contributed by atoms with Crippen LogP contribution in [-0.4, -0.2) is 53.4 Å². The van der Waals surface area contributed by atoms with Crippen LogP contribution in [0.4, 0.5) is 4.79 Å². The van der Waals surface area contributed by atoms with E-state index in [2.05, 4.69) is 16.0 Å². The minimum Gasteiger partial charge on any atom is -0.479 e. The number of carbonyl (C=O) groups excluding carboxylic acids is 2. The van der Waals surface area contributed by atoms with Gasteiger partial charge >= 0.3 is 12.0 Å². The number of rotatable bonds is 5. The molecule has 0 radical (unpaired) electrons. The molecule has 3 amide bonds. The van der Waals surface area contributed by atoms with Crippen molar-refractivity contribution in [2.45, 2.75) is 25.0 Å². The Balaban J connectivity index is 2.13. The minimum atomic E-state index is -1.62. The predicted molar refractivity (Wildman–Crippen MR) is 56.2 cm³/mol.